The van der Waals surface area contributed by atoms with Gasteiger partial charge in [0.1, 0.15) is 0 Å². The molecule has 2 aliphatic rings. The Morgan fingerprint density at radius 1 is 0.386 bits per heavy atom. The Bertz CT molecular complexity index is 1840. The number of aromatic hydroxyl groups is 2. The number of phenolic OH excluding ortho intramolecular Hbond substituents is 2. The van der Waals surface area contributed by atoms with Gasteiger partial charge in [0.25, 0.3) is 0 Å². The molecule has 4 aromatic rings. The molecule has 6 rings (SSSR count). The molecule has 0 saturated heterocycles. The predicted molar refractivity (Wildman–Crippen MR) is 241 cm³/mol. The molecule has 1 aliphatic heterocycles. The minimum absolute atomic E-state index is 0.122. The van der Waals surface area contributed by atoms with Gasteiger partial charge < -0.3 is 0 Å². The van der Waals surface area contributed by atoms with Gasteiger partial charge in [-0.15, -0.1) is 0 Å². The zero-order valence-corrected chi connectivity index (χ0v) is 40.4. The second-order valence-corrected chi connectivity index (χ2v) is 25.7. The summed E-state index contributed by atoms with van der Waals surface area (Å²) >= 11 is 1.03. The van der Waals surface area contributed by atoms with Crippen LogP contribution in [0.1, 0.15) is 156 Å². The van der Waals surface area contributed by atoms with Crippen molar-refractivity contribution in [2.75, 3.05) is 13.2 Å². The molecule has 1 aliphatic carbocycles. The van der Waals surface area contributed by atoms with Gasteiger partial charge in [0.2, 0.25) is 0 Å². The Morgan fingerprint density at radius 3 is 0.877 bits per heavy atom. The third kappa shape index (κ3) is 10.5. The quantitative estimate of drug-likeness (QED) is 0.152. The third-order valence-electron chi connectivity index (χ3n) is 11.5. The van der Waals surface area contributed by atoms with Crippen LogP contribution in [0.4, 0.5) is 0 Å². The van der Waals surface area contributed by atoms with Gasteiger partial charge in [-0.1, -0.05) is 0 Å². The van der Waals surface area contributed by atoms with Gasteiger partial charge in [-0.25, -0.2) is 0 Å². The number of rotatable bonds is 0. The predicted octanol–water partition coefficient (Wildman–Crippen LogP) is 12.2. The minimum atomic E-state index is -0.128. The van der Waals surface area contributed by atoms with E-state index in [9.17, 15) is 10.2 Å². The first-order valence-electron chi connectivity index (χ1n) is 21.0. The molecule has 0 radical (unpaired) electrons. The Labute approximate surface area is 357 Å². The standard InChI is InChI=1S/C51H68O4Se2/c1-48(2,3)40-24-32-20-36-28-42(50(7,8)9)30-38-22-34-26-41(49(4,5)6)27-35(45(34)53)23-39-31-43(51(10,11)12)29-37(21-33(25-40)44(32)52)47(39)55-15-19-57-17-13-16-56-18-14-54-46(36)38/h24-31,52-53H,13-23H2,1-12H3. The summed E-state index contributed by atoms with van der Waals surface area (Å²) in [7, 11) is 0. The van der Waals surface area contributed by atoms with E-state index in [0.29, 0.717) is 80.3 Å². The fraction of sp³-hybridized carbons (Fsp3) is 0.529. The van der Waals surface area contributed by atoms with Crippen molar-refractivity contribution >= 4 is 29.9 Å². The van der Waals surface area contributed by atoms with Gasteiger partial charge in [0, 0.05) is 0 Å². The van der Waals surface area contributed by atoms with Crippen LogP contribution < -0.4 is 9.47 Å². The first-order valence-corrected chi connectivity index (χ1v) is 25.9. The van der Waals surface area contributed by atoms with Crippen LogP contribution in [0, 0.1) is 0 Å². The van der Waals surface area contributed by atoms with Crippen molar-refractivity contribution in [1.29, 1.82) is 0 Å². The van der Waals surface area contributed by atoms with E-state index in [1.807, 2.05) is 0 Å². The average molecular weight is 903 g/mol. The van der Waals surface area contributed by atoms with E-state index in [1.165, 1.54) is 39.3 Å². The molecule has 4 nitrogen and oxygen atoms in total. The van der Waals surface area contributed by atoms with Gasteiger partial charge in [-0.05, 0) is 0 Å². The molecular formula is C51H68O4Se2. The van der Waals surface area contributed by atoms with Crippen LogP contribution in [0.3, 0.4) is 0 Å². The maximum absolute atomic E-state index is 12.5. The third-order valence-corrected chi connectivity index (χ3v) is 15.9. The summed E-state index contributed by atoms with van der Waals surface area (Å²) in [6, 6.07) is 18.2. The van der Waals surface area contributed by atoms with Crippen molar-refractivity contribution in [3.63, 3.8) is 0 Å². The topological polar surface area (TPSA) is 58.9 Å². The monoisotopic (exact) mass is 904 g/mol. The molecule has 6 heteroatoms. The van der Waals surface area contributed by atoms with Gasteiger partial charge in [0.15, 0.2) is 0 Å². The number of fused-ring (bicyclic) bond motifs is 2. The molecule has 0 amide bonds. The van der Waals surface area contributed by atoms with E-state index < -0.39 is 0 Å². The van der Waals surface area contributed by atoms with Crippen LogP contribution in [0.5, 0.6) is 23.0 Å². The van der Waals surface area contributed by atoms with Crippen molar-refractivity contribution in [2.45, 2.75) is 158 Å². The van der Waals surface area contributed by atoms with E-state index >= 15 is 0 Å². The SMILES string of the molecule is CC(C)(C)c1cc2c(O)c(c1)Cc1cc(C(C)(C)C)cc3c1OCC[Se]CCC[Se]CCOc1c(cc(C(C)(C)C)cc1Cc1cc(C(C)(C)C)cc(c1O)C3)C2. The van der Waals surface area contributed by atoms with Crippen LogP contribution in [0.2, 0.25) is 21.3 Å². The van der Waals surface area contributed by atoms with Crippen LogP contribution >= 0.6 is 0 Å². The Hall–Kier alpha value is -2.88. The first kappa shape index (κ1) is 43.7. The number of benzene rings is 4. The van der Waals surface area contributed by atoms with Crippen molar-refractivity contribution in [2.24, 2.45) is 0 Å². The zero-order chi connectivity index (χ0) is 41.5. The van der Waals surface area contributed by atoms with Crippen molar-refractivity contribution < 1.29 is 19.7 Å². The summed E-state index contributed by atoms with van der Waals surface area (Å²) in [6.07, 6.45) is 3.44. The molecule has 10 bridgehead atoms. The van der Waals surface area contributed by atoms with Crippen LogP contribution in [0.25, 0.3) is 0 Å². The summed E-state index contributed by atoms with van der Waals surface area (Å²) in [5.74, 6) is 2.53. The maximum atomic E-state index is 12.5. The van der Waals surface area contributed by atoms with E-state index in [2.05, 4.69) is 132 Å². The zero-order valence-electron chi connectivity index (χ0n) is 36.9. The molecule has 0 spiro atoms. The molecule has 0 aromatic heterocycles. The van der Waals surface area contributed by atoms with Gasteiger partial charge in [-0.3, -0.25) is 0 Å². The molecular weight excluding hydrogens is 834 g/mol. The average Bonchev–Trinajstić information content (AvgIpc) is 3.09. The van der Waals surface area contributed by atoms with E-state index in [0.717, 1.165) is 66.6 Å². The molecule has 4 aromatic carbocycles. The second kappa shape index (κ2) is 17.0. The Kier molecular flexibility index (Phi) is 13.0. The summed E-state index contributed by atoms with van der Waals surface area (Å²) in [5, 5.41) is 29.6. The summed E-state index contributed by atoms with van der Waals surface area (Å²) in [5.41, 5.74) is 12.4. The number of phenols is 2. The fourth-order valence-corrected chi connectivity index (χ4v) is 12.0. The molecule has 0 atom stereocenters. The molecule has 0 unspecified atom stereocenters. The fourth-order valence-electron chi connectivity index (χ4n) is 7.89. The summed E-state index contributed by atoms with van der Waals surface area (Å²) in [6.45, 7) is 28.5. The normalized spacial score (nSPS) is 16.3. The second-order valence-electron chi connectivity index (χ2n) is 20.5. The number of hydrogen-bond acceptors (Lipinski definition) is 4. The Balaban J connectivity index is 1.74. The molecule has 57 heavy (non-hydrogen) atoms. The van der Waals surface area contributed by atoms with E-state index in [4.69, 9.17) is 9.47 Å². The van der Waals surface area contributed by atoms with Crippen LogP contribution in [-0.4, -0.2) is 53.3 Å². The van der Waals surface area contributed by atoms with Crippen molar-refractivity contribution in [3.8, 4) is 23.0 Å². The first-order chi connectivity index (χ1) is 26.6. The molecule has 308 valence electrons. The molecule has 0 fully saturated rings. The number of ether oxygens (including phenoxy) is 2. The van der Waals surface area contributed by atoms with Gasteiger partial charge in [-0.2, -0.15) is 0 Å². The van der Waals surface area contributed by atoms with Crippen molar-refractivity contribution in [1.82, 2.24) is 0 Å². The van der Waals surface area contributed by atoms with Crippen LogP contribution in [0.15, 0.2) is 48.5 Å². The van der Waals surface area contributed by atoms with Gasteiger partial charge >= 0.3 is 359 Å². The molecule has 1 heterocycles. The summed E-state index contributed by atoms with van der Waals surface area (Å²) < 4.78 is 13.9. The Morgan fingerprint density at radius 2 is 0.632 bits per heavy atom. The van der Waals surface area contributed by atoms with Crippen molar-refractivity contribution in [3.05, 3.63) is 115 Å². The summed E-state index contributed by atoms with van der Waals surface area (Å²) in [4.78, 5) is 0. The van der Waals surface area contributed by atoms with Gasteiger partial charge in [0.05, 0.1) is 0 Å². The number of hydrogen-bond donors (Lipinski definition) is 2. The van der Waals surface area contributed by atoms with Crippen LogP contribution in [-0.2, 0) is 47.3 Å². The molecule has 0 saturated carbocycles. The van der Waals surface area contributed by atoms with E-state index in [-0.39, 0.29) is 21.7 Å². The molecule has 2 N–H and O–H groups in total. The van der Waals surface area contributed by atoms with E-state index in [1.54, 1.807) is 0 Å².